The fraction of sp³-hybridized carbons (Fsp3) is 0.769. The van der Waals surface area contributed by atoms with Gasteiger partial charge >= 0.3 is 23.9 Å². The lowest BCUT2D eigenvalue weighted by Gasteiger charge is -2.06. The molecule has 0 saturated heterocycles. The molecule has 0 N–H and O–H groups in total. The highest BCUT2D eigenvalue weighted by molar-refractivity contribution is 5.85. The maximum absolute atomic E-state index is 11.9. The van der Waals surface area contributed by atoms with E-state index in [1.165, 1.54) is 51.4 Å². The molecule has 9 heteroatoms. The van der Waals surface area contributed by atoms with Gasteiger partial charge in [-0.3, -0.25) is 24.0 Å². The SMILES string of the molecule is CCCCCC/C=C\COC(=O)CCCCCCCC(=O)OCC(=O)COC(=O)CCCCCCCC(=O)OC/C=C\CCCCCC. The molecule has 0 heterocycles. The highest BCUT2D eigenvalue weighted by Gasteiger charge is 2.11. The Morgan fingerprint density at radius 1 is 0.375 bits per heavy atom. The first-order valence-electron chi connectivity index (χ1n) is 18.8. The molecule has 0 atom stereocenters. The summed E-state index contributed by atoms with van der Waals surface area (Å²) in [6.45, 7) is 4.24. The predicted molar refractivity (Wildman–Crippen MR) is 189 cm³/mol. The summed E-state index contributed by atoms with van der Waals surface area (Å²) in [4.78, 5) is 59.3. The van der Waals surface area contributed by atoms with E-state index in [1.54, 1.807) is 0 Å². The first kappa shape index (κ1) is 45.0. The Morgan fingerprint density at radius 2 is 0.688 bits per heavy atom. The van der Waals surface area contributed by atoms with Crippen molar-refractivity contribution in [1.82, 2.24) is 0 Å². The van der Waals surface area contributed by atoms with Gasteiger partial charge in [-0.2, -0.15) is 0 Å². The molecule has 0 radical (unpaired) electrons. The van der Waals surface area contributed by atoms with Crippen molar-refractivity contribution < 1.29 is 42.9 Å². The van der Waals surface area contributed by atoms with E-state index in [9.17, 15) is 24.0 Å². The average Bonchev–Trinajstić information content (AvgIpc) is 3.07. The average molecular weight is 679 g/mol. The van der Waals surface area contributed by atoms with Crippen molar-refractivity contribution in [3.05, 3.63) is 24.3 Å². The van der Waals surface area contributed by atoms with Crippen LogP contribution >= 0.6 is 0 Å². The molecule has 0 bridgehead atoms. The van der Waals surface area contributed by atoms with Crippen LogP contribution in [0.25, 0.3) is 0 Å². The number of carbonyl (C=O) groups excluding carboxylic acids is 5. The number of ether oxygens (including phenoxy) is 4. The zero-order valence-electron chi connectivity index (χ0n) is 30.3. The first-order valence-corrected chi connectivity index (χ1v) is 18.8. The van der Waals surface area contributed by atoms with Gasteiger partial charge in [-0.05, 0) is 51.4 Å². The Kier molecular flexibility index (Phi) is 33.2. The van der Waals surface area contributed by atoms with E-state index in [1.807, 2.05) is 12.2 Å². The molecule has 276 valence electrons. The summed E-state index contributed by atoms with van der Waals surface area (Å²) in [7, 11) is 0. The lowest BCUT2D eigenvalue weighted by molar-refractivity contribution is -0.153. The second-order valence-electron chi connectivity index (χ2n) is 12.4. The maximum Gasteiger partial charge on any atom is 0.306 e. The van der Waals surface area contributed by atoms with Crippen LogP contribution in [-0.4, -0.2) is 56.1 Å². The number of esters is 4. The molecule has 0 aliphatic rings. The minimum absolute atomic E-state index is 0.181. The lowest BCUT2D eigenvalue weighted by atomic mass is 10.1. The Balaban J connectivity index is 3.57. The van der Waals surface area contributed by atoms with Crippen molar-refractivity contribution in [1.29, 1.82) is 0 Å². The zero-order chi connectivity index (χ0) is 35.3. The van der Waals surface area contributed by atoms with Gasteiger partial charge in [0.15, 0.2) is 13.2 Å². The van der Waals surface area contributed by atoms with Gasteiger partial charge < -0.3 is 18.9 Å². The van der Waals surface area contributed by atoms with E-state index >= 15 is 0 Å². The molecule has 9 nitrogen and oxygen atoms in total. The normalized spacial score (nSPS) is 11.2. The summed E-state index contributed by atoms with van der Waals surface area (Å²) in [5, 5.41) is 0. The predicted octanol–water partition coefficient (Wildman–Crippen LogP) is 9.24. The third kappa shape index (κ3) is 34.4. The van der Waals surface area contributed by atoms with Crippen molar-refractivity contribution in [2.24, 2.45) is 0 Å². The molecule has 0 fully saturated rings. The van der Waals surface area contributed by atoms with E-state index in [4.69, 9.17) is 18.9 Å². The zero-order valence-corrected chi connectivity index (χ0v) is 30.3. The molecule has 0 aromatic rings. The van der Waals surface area contributed by atoms with Crippen LogP contribution in [0.15, 0.2) is 24.3 Å². The molecule has 0 unspecified atom stereocenters. The van der Waals surface area contributed by atoms with E-state index in [-0.39, 0.29) is 24.8 Å². The van der Waals surface area contributed by atoms with Crippen molar-refractivity contribution >= 4 is 29.7 Å². The molecule has 0 aromatic heterocycles. The first-order chi connectivity index (χ1) is 23.4. The van der Waals surface area contributed by atoms with Gasteiger partial charge in [0.2, 0.25) is 5.78 Å². The van der Waals surface area contributed by atoms with Gasteiger partial charge in [0.25, 0.3) is 0 Å². The number of allylic oxidation sites excluding steroid dienone is 2. The van der Waals surface area contributed by atoms with Crippen molar-refractivity contribution in [2.75, 3.05) is 26.4 Å². The molecule has 0 saturated carbocycles. The van der Waals surface area contributed by atoms with Crippen molar-refractivity contribution in [2.45, 2.75) is 168 Å². The number of hydrogen-bond acceptors (Lipinski definition) is 9. The maximum atomic E-state index is 11.9. The van der Waals surface area contributed by atoms with Crippen LogP contribution in [-0.2, 0) is 42.9 Å². The van der Waals surface area contributed by atoms with Gasteiger partial charge in [0.1, 0.15) is 13.2 Å². The van der Waals surface area contributed by atoms with Crippen LogP contribution in [0.5, 0.6) is 0 Å². The standard InChI is InChI=1S/C39H66O9/c1-3-5-7-9-11-19-25-31-45-36(41)27-21-15-13-17-23-29-38(43)47-33-35(40)34-48-39(44)30-24-18-14-16-22-28-37(42)46-32-26-20-12-10-8-6-4-2/h19-20,25-26H,3-18,21-24,27-34H2,1-2H3/b25-19-,26-20-. The van der Waals surface area contributed by atoms with E-state index < -0.39 is 30.9 Å². The quantitative estimate of drug-likeness (QED) is 0.0284. The fourth-order valence-electron chi connectivity index (χ4n) is 4.82. The molecule has 0 amide bonds. The molecule has 0 aromatic carbocycles. The lowest BCUT2D eigenvalue weighted by Crippen LogP contribution is -2.20. The third-order valence-corrected chi connectivity index (χ3v) is 7.78. The van der Waals surface area contributed by atoms with Crippen LogP contribution in [0.4, 0.5) is 0 Å². The van der Waals surface area contributed by atoms with Gasteiger partial charge in [0, 0.05) is 25.7 Å². The molecule has 0 spiro atoms. The van der Waals surface area contributed by atoms with Crippen LogP contribution in [0.1, 0.15) is 168 Å². The number of hydrogen-bond donors (Lipinski definition) is 0. The molecular formula is C39H66O9. The van der Waals surface area contributed by atoms with Crippen LogP contribution < -0.4 is 0 Å². The third-order valence-electron chi connectivity index (χ3n) is 7.78. The molecule has 0 rings (SSSR count). The topological polar surface area (TPSA) is 122 Å². The number of rotatable bonds is 34. The Labute approximate surface area is 290 Å². The minimum Gasteiger partial charge on any atom is -0.461 e. The van der Waals surface area contributed by atoms with Gasteiger partial charge in [-0.15, -0.1) is 0 Å². The molecule has 48 heavy (non-hydrogen) atoms. The number of ketones is 1. The summed E-state index contributed by atoms with van der Waals surface area (Å²) in [6, 6.07) is 0. The van der Waals surface area contributed by atoms with Crippen LogP contribution in [0.2, 0.25) is 0 Å². The largest absolute Gasteiger partial charge is 0.461 e. The number of carbonyl (C=O) groups is 5. The van der Waals surface area contributed by atoms with E-state index in [0.717, 1.165) is 64.2 Å². The summed E-state index contributed by atoms with van der Waals surface area (Å²) in [5.74, 6) is -1.72. The van der Waals surface area contributed by atoms with Crippen LogP contribution in [0, 0.1) is 0 Å². The van der Waals surface area contributed by atoms with Gasteiger partial charge in [0.05, 0.1) is 0 Å². The highest BCUT2D eigenvalue weighted by atomic mass is 16.6. The molecule has 0 aliphatic carbocycles. The molecular weight excluding hydrogens is 612 g/mol. The Hall–Kier alpha value is -2.97. The summed E-state index contributed by atoms with van der Waals surface area (Å²) >= 11 is 0. The monoisotopic (exact) mass is 678 g/mol. The van der Waals surface area contributed by atoms with Gasteiger partial charge in [-0.25, -0.2) is 0 Å². The van der Waals surface area contributed by atoms with Gasteiger partial charge in [-0.1, -0.05) is 115 Å². The minimum atomic E-state index is -0.458. The second-order valence-corrected chi connectivity index (χ2v) is 12.4. The summed E-state index contributed by atoms with van der Waals surface area (Å²) < 4.78 is 20.4. The molecule has 0 aliphatic heterocycles. The second kappa shape index (κ2) is 35.3. The fourth-order valence-corrected chi connectivity index (χ4v) is 4.82. The Morgan fingerprint density at radius 3 is 1.04 bits per heavy atom. The summed E-state index contributed by atoms with van der Waals surface area (Å²) in [6.07, 6.45) is 29.1. The van der Waals surface area contributed by atoms with E-state index in [2.05, 4.69) is 26.0 Å². The number of unbranched alkanes of at least 4 members (excludes halogenated alkanes) is 16. The van der Waals surface area contributed by atoms with Crippen LogP contribution in [0.3, 0.4) is 0 Å². The van der Waals surface area contributed by atoms with Crippen molar-refractivity contribution in [3.8, 4) is 0 Å². The summed E-state index contributed by atoms with van der Waals surface area (Å²) in [5.41, 5.74) is 0. The van der Waals surface area contributed by atoms with Crippen molar-refractivity contribution in [3.63, 3.8) is 0 Å². The van der Waals surface area contributed by atoms with E-state index in [0.29, 0.717) is 38.9 Å². The number of Topliss-reactive ketones (excluding diaryl/α,β-unsaturated/α-hetero) is 1. The highest BCUT2D eigenvalue weighted by Crippen LogP contribution is 2.10. The Bertz CT molecular complexity index is 824. The smallest absolute Gasteiger partial charge is 0.306 e.